The smallest absolute Gasteiger partial charge is 0.243 e. The molecule has 6 heteroatoms. The van der Waals surface area contributed by atoms with E-state index < -0.39 is 0 Å². The number of nitrogens with two attached hydrogens (primary N) is 1. The molecule has 0 saturated heterocycles. The fourth-order valence-electron chi connectivity index (χ4n) is 0.835. The molecule has 1 heterocycles. The van der Waals surface area contributed by atoms with Gasteiger partial charge in [0.15, 0.2) is 0 Å². The van der Waals surface area contributed by atoms with Crippen molar-refractivity contribution in [2.75, 3.05) is 20.3 Å². The fraction of sp³-hybridized carbons (Fsp3) is 0.375. The van der Waals surface area contributed by atoms with Gasteiger partial charge in [0.2, 0.25) is 5.88 Å². The van der Waals surface area contributed by atoms with Gasteiger partial charge < -0.3 is 15.2 Å². The molecule has 14 heavy (non-hydrogen) atoms. The minimum Gasteiger partial charge on any atom is -0.474 e. The highest BCUT2D eigenvalue weighted by Crippen LogP contribution is 2.12. The molecule has 0 aliphatic rings. The summed E-state index contributed by atoms with van der Waals surface area (Å²) in [6, 6.07) is 1.66. The number of aromatic nitrogens is 2. The molecule has 1 aromatic heterocycles. The molecule has 0 fully saturated rings. The zero-order chi connectivity index (χ0) is 10.4. The number of ether oxygens (including phenoxy) is 2. The standard InChI is InChI=1S/C8H11N3O2S/c1-12-4-5-13-8-6(7(9)14)2-3-10-11-8/h2-3H,4-5H2,1H3,(H2,9,14). The zero-order valence-corrected chi connectivity index (χ0v) is 8.58. The molecular formula is C8H11N3O2S. The SMILES string of the molecule is COCCOc1nnccc1C(N)=S. The first-order valence-electron chi connectivity index (χ1n) is 3.99. The predicted molar refractivity (Wildman–Crippen MR) is 55.3 cm³/mol. The van der Waals surface area contributed by atoms with Crippen molar-refractivity contribution in [3.63, 3.8) is 0 Å². The third kappa shape index (κ3) is 2.90. The monoisotopic (exact) mass is 213 g/mol. The minimum absolute atomic E-state index is 0.243. The second-order valence-corrected chi connectivity index (χ2v) is 2.90. The van der Waals surface area contributed by atoms with Crippen LogP contribution in [0.4, 0.5) is 0 Å². The number of hydrogen-bond acceptors (Lipinski definition) is 5. The Morgan fingerprint density at radius 1 is 1.57 bits per heavy atom. The van der Waals surface area contributed by atoms with Crippen LogP contribution in [0.2, 0.25) is 0 Å². The van der Waals surface area contributed by atoms with E-state index in [1.165, 1.54) is 6.20 Å². The van der Waals surface area contributed by atoms with Gasteiger partial charge in [-0.2, -0.15) is 5.10 Å². The lowest BCUT2D eigenvalue weighted by Gasteiger charge is -2.07. The number of hydrogen-bond donors (Lipinski definition) is 1. The second kappa shape index (κ2) is 5.46. The molecule has 0 bridgehead atoms. The first-order valence-corrected chi connectivity index (χ1v) is 4.39. The van der Waals surface area contributed by atoms with Crippen molar-refractivity contribution in [2.24, 2.45) is 5.73 Å². The quantitative estimate of drug-likeness (QED) is 0.554. The van der Waals surface area contributed by atoms with Gasteiger partial charge in [0, 0.05) is 7.11 Å². The van der Waals surface area contributed by atoms with Crippen LogP contribution in [0.25, 0.3) is 0 Å². The molecular weight excluding hydrogens is 202 g/mol. The van der Waals surface area contributed by atoms with Crippen molar-refractivity contribution in [1.82, 2.24) is 10.2 Å². The maximum Gasteiger partial charge on any atom is 0.243 e. The van der Waals surface area contributed by atoms with Crippen LogP contribution in [0.15, 0.2) is 12.3 Å². The van der Waals surface area contributed by atoms with Crippen LogP contribution in [0.1, 0.15) is 5.56 Å². The third-order valence-corrected chi connectivity index (χ3v) is 1.70. The summed E-state index contributed by atoms with van der Waals surface area (Å²) in [5.74, 6) is 0.344. The normalized spacial score (nSPS) is 9.79. The third-order valence-electron chi connectivity index (χ3n) is 1.48. The Morgan fingerprint density at radius 3 is 3.00 bits per heavy atom. The van der Waals surface area contributed by atoms with E-state index in [9.17, 15) is 0 Å². The van der Waals surface area contributed by atoms with Crippen LogP contribution >= 0.6 is 12.2 Å². The highest BCUT2D eigenvalue weighted by Gasteiger charge is 2.07. The van der Waals surface area contributed by atoms with E-state index in [-0.39, 0.29) is 4.99 Å². The Balaban J connectivity index is 2.69. The Bertz CT molecular complexity index is 319. The molecule has 1 aromatic rings. The van der Waals surface area contributed by atoms with E-state index >= 15 is 0 Å². The zero-order valence-electron chi connectivity index (χ0n) is 7.77. The Kier molecular flexibility index (Phi) is 4.21. The Hall–Kier alpha value is -1.27. The van der Waals surface area contributed by atoms with Crippen LogP contribution in [0.5, 0.6) is 5.88 Å². The van der Waals surface area contributed by atoms with Gasteiger partial charge in [0.25, 0.3) is 0 Å². The summed E-state index contributed by atoms with van der Waals surface area (Å²) < 4.78 is 10.1. The Labute approximate surface area is 87.2 Å². The van der Waals surface area contributed by atoms with Crippen molar-refractivity contribution < 1.29 is 9.47 Å². The van der Waals surface area contributed by atoms with Gasteiger partial charge in [0.05, 0.1) is 18.4 Å². The molecule has 0 aliphatic carbocycles. The van der Waals surface area contributed by atoms with Gasteiger partial charge in [-0.05, 0) is 6.07 Å². The summed E-state index contributed by atoms with van der Waals surface area (Å²) in [5.41, 5.74) is 6.06. The van der Waals surface area contributed by atoms with Gasteiger partial charge in [-0.3, -0.25) is 0 Å². The lowest BCUT2D eigenvalue weighted by atomic mass is 10.3. The van der Waals surface area contributed by atoms with Gasteiger partial charge in [-0.15, -0.1) is 5.10 Å². The van der Waals surface area contributed by atoms with E-state index in [2.05, 4.69) is 10.2 Å². The molecule has 1 rings (SSSR count). The maximum absolute atomic E-state index is 5.47. The van der Waals surface area contributed by atoms with Crippen LogP contribution in [0.3, 0.4) is 0 Å². The Morgan fingerprint density at radius 2 is 2.36 bits per heavy atom. The molecule has 0 atom stereocenters. The lowest BCUT2D eigenvalue weighted by Crippen LogP contribution is -2.14. The van der Waals surface area contributed by atoms with Crippen molar-refractivity contribution in [3.05, 3.63) is 17.8 Å². The highest BCUT2D eigenvalue weighted by atomic mass is 32.1. The number of rotatable bonds is 5. The number of methoxy groups -OCH3 is 1. The van der Waals surface area contributed by atoms with Gasteiger partial charge in [0.1, 0.15) is 11.6 Å². The summed E-state index contributed by atoms with van der Waals surface area (Å²) in [5, 5.41) is 7.45. The van der Waals surface area contributed by atoms with Gasteiger partial charge in [-0.25, -0.2) is 0 Å². The molecule has 0 unspecified atom stereocenters. The summed E-state index contributed by atoms with van der Waals surface area (Å²) in [6.45, 7) is 0.873. The van der Waals surface area contributed by atoms with Crippen LogP contribution in [0, 0.1) is 0 Å². The molecule has 5 nitrogen and oxygen atoms in total. The van der Waals surface area contributed by atoms with Crippen molar-refractivity contribution in [1.29, 1.82) is 0 Å². The average molecular weight is 213 g/mol. The molecule has 0 spiro atoms. The van der Waals surface area contributed by atoms with E-state index in [1.807, 2.05) is 0 Å². The molecule has 0 aromatic carbocycles. The van der Waals surface area contributed by atoms with Crippen LogP contribution in [-0.2, 0) is 4.74 Å². The average Bonchev–Trinajstić information content (AvgIpc) is 2.19. The number of nitrogens with zero attached hydrogens (tertiary/aromatic N) is 2. The van der Waals surface area contributed by atoms with E-state index in [0.29, 0.717) is 24.7 Å². The van der Waals surface area contributed by atoms with Crippen molar-refractivity contribution in [3.8, 4) is 5.88 Å². The summed E-state index contributed by atoms with van der Waals surface area (Å²) in [6.07, 6.45) is 1.51. The molecule has 0 amide bonds. The minimum atomic E-state index is 0.243. The van der Waals surface area contributed by atoms with E-state index in [1.54, 1.807) is 13.2 Å². The molecule has 76 valence electrons. The van der Waals surface area contributed by atoms with Crippen LogP contribution < -0.4 is 10.5 Å². The summed E-state index contributed by atoms with van der Waals surface area (Å²) >= 11 is 4.83. The number of thiocarbonyl (C=S) groups is 1. The van der Waals surface area contributed by atoms with Crippen molar-refractivity contribution in [2.45, 2.75) is 0 Å². The first-order chi connectivity index (χ1) is 6.75. The summed E-state index contributed by atoms with van der Waals surface area (Å²) in [7, 11) is 1.59. The molecule has 0 aliphatic heterocycles. The van der Waals surface area contributed by atoms with E-state index in [4.69, 9.17) is 27.4 Å². The molecule has 0 radical (unpaired) electrons. The predicted octanol–water partition coefficient (Wildman–Crippen LogP) is 0.136. The summed E-state index contributed by atoms with van der Waals surface area (Å²) in [4.78, 5) is 0.243. The largest absolute Gasteiger partial charge is 0.474 e. The fourth-order valence-corrected chi connectivity index (χ4v) is 0.990. The second-order valence-electron chi connectivity index (χ2n) is 2.46. The topological polar surface area (TPSA) is 70.3 Å². The first kappa shape index (κ1) is 10.8. The van der Waals surface area contributed by atoms with Gasteiger partial charge >= 0.3 is 0 Å². The lowest BCUT2D eigenvalue weighted by molar-refractivity contribution is 0.143. The maximum atomic E-state index is 5.47. The van der Waals surface area contributed by atoms with Crippen LogP contribution in [-0.4, -0.2) is 35.5 Å². The molecule has 0 saturated carbocycles. The highest BCUT2D eigenvalue weighted by molar-refractivity contribution is 7.80. The van der Waals surface area contributed by atoms with E-state index in [0.717, 1.165) is 0 Å². The van der Waals surface area contributed by atoms with Gasteiger partial charge in [-0.1, -0.05) is 12.2 Å². The van der Waals surface area contributed by atoms with Crippen molar-refractivity contribution >= 4 is 17.2 Å². The molecule has 2 N–H and O–H groups in total.